The molecule has 1 unspecified atom stereocenters. The average Bonchev–Trinajstić information content (AvgIpc) is 3.55. The number of amides is 1. The van der Waals surface area contributed by atoms with Crippen LogP contribution in [0.2, 0.25) is 0 Å². The molecule has 1 fully saturated rings. The molecule has 41 heavy (non-hydrogen) atoms. The van der Waals surface area contributed by atoms with E-state index in [1.807, 2.05) is 37.3 Å². The fraction of sp³-hybridized carbons (Fsp3) is 0.125. The smallest absolute Gasteiger partial charge is 0.301 e. The number of nitrogens with zero attached hydrogens (tertiary/aromatic N) is 3. The summed E-state index contributed by atoms with van der Waals surface area (Å²) in [6.07, 6.45) is 0. The first kappa shape index (κ1) is 26.9. The van der Waals surface area contributed by atoms with Crippen molar-refractivity contribution in [3.63, 3.8) is 0 Å². The summed E-state index contributed by atoms with van der Waals surface area (Å²) < 4.78 is 15.0. The lowest BCUT2D eigenvalue weighted by atomic mass is 9.94. The number of Topliss-reactive ketones (excluding diaryl/α,β-unsaturated/α-hetero) is 1. The first-order chi connectivity index (χ1) is 19.8. The Morgan fingerprint density at radius 3 is 2.51 bits per heavy atom. The normalized spacial score (nSPS) is 16.6. The molecule has 0 radical (unpaired) electrons. The number of ketones is 1. The molecule has 0 spiro atoms. The second-order valence-electron chi connectivity index (χ2n) is 9.82. The van der Waals surface area contributed by atoms with Gasteiger partial charge in [-0.2, -0.15) is 0 Å². The van der Waals surface area contributed by atoms with E-state index in [4.69, 9.17) is 0 Å². The van der Waals surface area contributed by atoms with Crippen LogP contribution < -0.4 is 4.90 Å². The van der Waals surface area contributed by atoms with Crippen molar-refractivity contribution >= 4 is 56.5 Å². The molecule has 9 heteroatoms. The number of rotatable bonds is 6. The second kappa shape index (κ2) is 10.9. The van der Waals surface area contributed by atoms with Crippen molar-refractivity contribution in [2.75, 3.05) is 4.90 Å². The van der Waals surface area contributed by atoms with Gasteiger partial charge in [0.25, 0.3) is 5.78 Å². The van der Waals surface area contributed by atoms with Gasteiger partial charge in [0.1, 0.15) is 11.6 Å². The van der Waals surface area contributed by atoms with Gasteiger partial charge in [-0.15, -0.1) is 10.2 Å². The number of aryl methyl sites for hydroxylation is 2. The van der Waals surface area contributed by atoms with Crippen molar-refractivity contribution in [2.45, 2.75) is 30.0 Å². The standard InChI is InChI=1S/C32H24FN3O3S2/c1-18-10-13-21(14-11-18)27-26(28(37)22-15-12-19(2)25(33)16-22)29(38)30(39)36(27)31-34-35-32(41-31)40-17-23-8-5-7-20-6-3-4-9-24(20)23/h3-16,27,37H,17H2,1-2H3/b28-26+. The molecule has 1 saturated heterocycles. The lowest BCUT2D eigenvalue weighted by Crippen LogP contribution is -2.29. The number of aliphatic hydroxyl groups excluding tert-OH is 1. The van der Waals surface area contributed by atoms with Crippen LogP contribution in [0.3, 0.4) is 0 Å². The molecule has 5 aromatic rings. The number of fused-ring (bicyclic) bond motifs is 1. The zero-order valence-electron chi connectivity index (χ0n) is 22.2. The maximum Gasteiger partial charge on any atom is 0.301 e. The fourth-order valence-electron chi connectivity index (χ4n) is 4.91. The number of anilines is 1. The van der Waals surface area contributed by atoms with E-state index in [-0.39, 0.29) is 16.3 Å². The molecule has 0 saturated carbocycles. The first-order valence-electron chi connectivity index (χ1n) is 12.9. The van der Waals surface area contributed by atoms with Gasteiger partial charge in [-0.1, -0.05) is 108 Å². The molecule has 1 amide bonds. The molecule has 1 aliphatic heterocycles. The highest BCUT2D eigenvalue weighted by Crippen LogP contribution is 2.44. The van der Waals surface area contributed by atoms with Gasteiger partial charge >= 0.3 is 5.91 Å². The second-order valence-corrected chi connectivity index (χ2v) is 12.0. The van der Waals surface area contributed by atoms with Gasteiger partial charge in [0.05, 0.1) is 11.6 Å². The fourth-order valence-corrected chi connectivity index (χ4v) is 6.78. The van der Waals surface area contributed by atoms with E-state index in [2.05, 4.69) is 34.5 Å². The Balaban J connectivity index is 1.37. The first-order valence-corrected chi connectivity index (χ1v) is 14.7. The molecule has 1 aliphatic rings. The molecule has 1 atom stereocenters. The van der Waals surface area contributed by atoms with Crippen LogP contribution in [-0.4, -0.2) is 27.0 Å². The summed E-state index contributed by atoms with van der Waals surface area (Å²) in [4.78, 5) is 28.1. The Labute approximate surface area is 244 Å². The van der Waals surface area contributed by atoms with E-state index in [0.717, 1.165) is 28.0 Å². The Morgan fingerprint density at radius 1 is 0.976 bits per heavy atom. The summed E-state index contributed by atoms with van der Waals surface area (Å²) >= 11 is 2.70. The molecular weight excluding hydrogens is 558 g/mol. The van der Waals surface area contributed by atoms with E-state index in [1.54, 1.807) is 19.1 Å². The SMILES string of the molecule is Cc1ccc(C2/C(=C(\O)c3ccc(C)c(F)c3)C(=O)C(=O)N2c2nnc(SCc3cccc4ccccc34)s2)cc1. The minimum Gasteiger partial charge on any atom is -0.507 e. The molecule has 1 N–H and O–H groups in total. The van der Waals surface area contributed by atoms with Gasteiger partial charge in [0.2, 0.25) is 5.13 Å². The monoisotopic (exact) mass is 581 g/mol. The zero-order valence-corrected chi connectivity index (χ0v) is 23.8. The van der Waals surface area contributed by atoms with E-state index >= 15 is 0 Å². The number of carbonyl (C=O) groups excluding carboxylic acids is 2. The lowest BCUT2D eigenvalue weighted by molar-refractivity contribution is -0.132. The number of aromatic nitrogens is 2. The summed E-state index contributed by atoms with van der Waals surface area (Å²) in [6.45, 7) is 3.54. The highest BCUT2D eigenvalue weighted by Gasteiger charge is 2.48. The predicted octanol–water partition coefficient (Wildman–Crippen LogP) is 7.37. The molecule has 204 valence electrons. The molecule has 6 nitrogen and oxygen atoms in total. The van der Waals surface area contributed by atoms with Gasteiger partial charge in [-0.25, -0.2) is 4.39 Å². The van der Waals surface area contributed by atoms with Crippen LogP contribution in [0.15, 0.2) is 94.8 Å². The quantitative estimate of drug-likeness (QED) is 0.0741. The predicted molar refractivity (Wildman–Crippen MR) is 161 cm³/mol. The molecule has 4 aromatic carbocycles. The van der Waals surface area contributed by atoms with Crippen molar-refractivity contribution in [1.82, 2.24) is 10.2 Å². The van der Waals surface area contributed by atoms with E-state index in [9.17, 15) is 19.1 Å². The van der Waals surface area contributed by atoms with Gasteiger partial charge in [-0.3, -0.25) is 14.5 Å². The van der Waals surface area contributed by atoms with Gasteiger partial charge in [0, 0.05) is 11.3 Å². The third-order valence-corrected chi connectivity index (χ3v) is 9.22. The molecule has 0 aliphatic carbocycles. The zero-order chi connectivity index (χ0) is 28.7. The average molecular weight is 582 g/mol. The topological polar surface area (TPSA) is 83.4 Å². The number of hydrogen-bond donors (Lipinski definition) is 1. The van der Waals surface area contributed by atoms with Crippen LogP contribution in [0, 0.1) is 19.7 Å². The van der Waals surface area contributed by atoms with Crippen molar-refractivity contribution in [2.24, 2.45) is 0 Å². The minimum absolute atomic E-state index is 0.117. The highest BCUT2D eigenvalue weighted by atomic mass is 32.2. The third kappa shape index (κ3) is 5.03. The van der Waals surface area contributed by atoms with Crippen LogP contribution in [0.1, 0.15) is 33.9 Å². The largest absolute Gasteiger partial charge is 0.507 e. The van der Waals surface area contributed by atoms with Crippen LogP contribution in [0.25, 0.3) is 16.5 Å². The van der Waals surface area contributed by atoms with Crippen LogP contribution in [0.5, 0.6) is 0 Å². The van der Waals surface area contributed by atoms with Gasteiger partial charge in [0.15, 0.2) is 4.34 Å². The summed E-state index contributed by atoms with van der Waals surface area (Å²) in [5.41, 5.74) is 3.15. The summed E-state index contributed by atoms with van der Waals surface area (Å²) in [7, 11) is 0. The van der Waals surface area contributed by atoms with Gasteiger partial charge in [-0.05, 0) is 47.4 Å². The van der Waals surface area contributed by atoms with Crippen LogP contribution >= 0.6 is 23.1 Å². The number of thioether (sulfide) groups is 1. The minimum atomic E-state index is -0.955. The van der Waals surface area contributed by atoms with E-state index in [1.165, 1.54) is 40.1 Å². The number of hydrogen-bond acceptors (Lipinski definition) is 7. The van der Waals surface area contributed by atoms with Crippen LogP contribution in [-0.2, 0) is 15.3 Å². The van der Waals surface area contributed by atoms with Crippen LogP contribution in [0.4, 0.5) is 9.52 Å². The Hall–Kier alpha value is -4.34. The Morgan fingerprint density at radius 2 is 1.73 bits per heavy atom. The molecular formula is C32H24FN3O3S2. The number of carbonyl (C=O) groups is 2. The molecule has 1 aromatic heterocycles. The highest BCUT2D eigenvalue weighted by molar-refractivity contribution is 8.00. The van der Waals surface area contributed by atoms with Crippen molar-refractivity contribution in [3.8, 4) is 0 Å². The maximum absolute atomic E-state index is 14.4. The number of aliphatic hydroxyl groups is 1. The summed E-state index contributed by atoms with van der Waals surface area (Å²) in [6, 6.07) is 24.9. The summed E-state index contributed by atoms with van der Waals surface area (Å²) in [5.74, 6) is -2.01. The van der Waals surface area contributed by atoms with Gasteiger partial charge < -0.3 is 5.11 Å². The molecule has 2 heterocycles. The van der Waals surface area contributed by atoms with E-state index in [0.29, 0.717) is 21.2 Å². The Kier molecular flexibility index (Phi) is 7.15. The van der Waals surface area contributed by atoms with Crippen molar-refractivity contribution < 1.29 is 19.1 Å². The number of benzene rings is 4. The third-order valence-electron chi connectivity index (χ3n) is 7.12. The van der Waals surface area contributed by atoms with Crippen molar-refractivity contribution in [3.05, 3.63) is 124 Å². The van der Waals surface area contributed by atoms with Crippen molar-refractivity contribution in [1.29, 1.82) is 0 Å². The number of halogens is 1. The summed E-state index contributed by atoms with van der Waals surface area (Å²) in [5, 5.41) is 22.4. The molecule has 6 rings (SSSR count). The van der Waals surface area contributed by atoms with E-state index < -0.39 is 29.3 Å². The lowest BCUT2D eigenvalue weighted by Gasteiger charge is -2.22. The maximum atomic E-state index is 14.4. The Bertz CT molecular complexity index is 1840. The molecule has 0 bridgehead atoms.